The Kier molecular flexibility index (Phi) is 5.35. The topological polar surface area (TPSA) is 93.7 Å². The highest BCUT2D eigenvalue weighted by molar-refractivity contribution is 5.95. The van der Waals surface area contributed by atoms with E-state index in [-0.39, 0.29) is 31.3 Å². The van der Waals surface area contributed by atoms with Crippen LogP contribution in [0, 0.1) is 0 Å². The van der Waals surface area contributed by atoms with Crippen LogP contribution in [0.1, 0.15) is 18.4 Å². The molecule has 0 aromatic heterocycles. The van der Waals surface area contributed by atoms with Crippen LogP contribution in [0.25, 0.3) is 0 Å². The van der Waals surface area contributed by atoms with Crippen LogP contribution in [-0.4, -0.2) is 38.0 Å². The average molecular weight is 306 g/mol. The van der Waals surface area contributed by atoms with Gasteiger partial charge in [-0.05, 0) is 24.1 Å². The molecule has 7 nitrogen and oxygen atoms in total. The highest BCUT2D eigenvalue weighted by Crippen LogP contribution is 2.28. The van der Waals surface area contributed by atoms with Gasteiger partial charge in [0.1, 0.15) is 5.75 Å². The molecule has 1 heterocycles. The van der Waals surface area contributed by atoms with Crippen molar-refractivity contribution in [1.29, 1.82) is 0 Å². The van der Waals surface area contributed by atoms with Gasteiger partial charge in [0.15, 0.2) is 6.61 Å². The van der Waals surface area contributed by atoms with E-state index in [1.54, 1.807) is 6.07 Å². The molecule has 0 saturated carbocycles. The second-order valence-corrected chi connectivity index (χ2v) is 4.84. The second-order valence-electron chi connectivity index (χ2n) is 4.84. The van der Waals surface area contributed by atoms with Gasteiger partial charge in [-0.3, -0.25) is 14.4 Å². The van der Waals surface area contributed by atoms with Crippen molar-refractivity contribution in [2.24, 2.45) is 0 Å². The Morgan fingerprint density at radius 1 is 1.36 bits per heavy atom. The highest BCUT2D eigenvalue weighted by atomic mass is 16.5. The van der Waals surface area contributed by atoms with Gasteiger partial charge in [-0.2, -0.15) is 0 Å². The standard InChI is InChI=1S/C15H18N2O5/c1-21-15(20)5-4-13(18)16-7-6-10-2-3-12-11(8-10)17-14(19)9-22-12/h2-3,8H,4-7,9H2,1H3,(H,16,18)(H,17,19). The van der Waals surface area contributed by atoms with Crippen LogP contribution in [0.3, 0.4) is 0 Å². The molecule has 118 valence electrons. The Bertz CT molecular complexity index is 585. The SMILES string of the molecule is COC(=O)CCC(=O)NCCc1ccc2c(c1)NC(=O)CO2. The monoisotopic (exact) mass is 306 g/mol. The Morgan fingerprint density at radius 2 is 2.18 bits per heavy atom. The van der Waals surface area contributed by atoms with Gasteiger partial charge in [0.2, 0.25) is 5.91 Å². The second kappa shape index (κ2) is 7.44. The first-order valence-electron chi connectivity index (χ1n) is 6.97. The van der Waals surface area contributed by atoms with E-state index in [0.717, 1.165) is 5.56 Å². The minimum absolute atomic E-state index is 0.0304. The largest absolute Gasteiger partial charge is 0.482 e. The summed E-state index contributed by atoms with van der Waals surface area (Å²) in [4.78, 5) is 33.7. The summed E-state index contributed by atoms with van der Waals surface area (Å²) in [5, 5.41) is 5.47. The number of methoxy groups -OCH3 is 1. The molecule has 2 N–H and O–H groups in total. The van der Waals surface area contributed by atoms with Crippen LogP contribution >= 0.6 is 0 Å². The molecule has 0 unspecified atom stereocenters. The first-order chi connectivity index (χ1) is 10.6. The summed E-state index contributed by atoms with van der Waals surface area (Å²) < 4.78 is 9.74. The van der Waals surface area contributed by atoms with E-state index >= 15 is 0 Å². The molecule has 2 rings (SSSR count). The number of ether oxygens (including phenoxy) is 2. The quantitative estimate of drug-likeness (QED) is 0.752. The summed E-state index contributed by atoms with van der Waals surface area (Å²) in [5.74, 6) is -0.133. The maximum absolute atomic E-state index is 11.5. The maximum atomic E-state index is 11.5. The van der Waals surface area contributed by atoms with Crippen LogP contribution in [0.2, 0.25) is 0 Å². The molecule has 0 radical (unpaired) electrons. The van der Waals surface area contributed by atoms with Crippen molar-refractivity contribution in [3.05, 3.63) is 23.8 Å². The van der Waals surface area contributed by atoms with Gasteiger partial charge in [-0.1, -0.05) is 6.07 Å². The zero-order chi connectivity index (χ0) is 15.9. The van der Waals surface area contributed by atoms with Crippen molar-refractivity contribution in [3.8, 4) is 5.75 Å². The molecule has 1 aliphatic heterocycles. The zero-order valence-electron chi connectivity index (χ0n) is 12.3. The van der Waals surface area contributed by atoms with E-state index in [2.05, 4.69) is 15.4 Å². The van der Waals surface area contributed by atoms with E-state index in [4.69, 9.17) is 4.74 Å². The Balaban J connectivity index is 1.77. The zero-order valence-corrected chi connectivity index (χ0v) is 12.3. The molecular formula is C15H18N2O5. The van der Waals surface area contributed by atoms with E-state index in [0.29, 0.717) is 24.4 Å². The summed E-state index contributed by atoms with van der Waals surface area (Å²) in [6.07, 6.45) is 0.804. The molecule has 1 aromatic rings. The van der Waals surface area contributed by atoms with Crippen molar-refractivity contribution >= 4 is 23.5 Å². The molecule has 1 aromatic carbocycles. The number of anilines is 1. The number of hydrogen-bond acceptors (Lipinski definition) is 5. The minimum atomic E-state index is -0.402. The van der Waals surface area contributed by atoms with Crippen LogP contribution in [-0.2, 0) is 25.5 Å². The predicted molar refractivity (Wildman–Crippen MR) is 78.5 cm³/mol. The predicted octanol–water partition coefficient (Wildman–Crippen LogP) is 0.629. The third-order valence-electron chi connectivity index (χ3n) is 3.20. The van der Waals surface area contributed by atoms with Crippen molar-refractivity contribution < 1.29 is 23.9 Å². The molecular weight excluding hydrogens is 288 g/mol. The fraction of sp³-hybridized carbons (Fsp3) is 0.400. The Labute approximate surface area is 128 Å². The van der Waals surface area contributed by atoms with Crippen LogP contribution in [0.5, 0.6) is 5.75 Å². The third kappa shape index (κ3) is 4.47. The van der Waals surface area contributed by atoms with Crippen molar-refractivity contribution in [2.75, 3.05) is 25.6 Å². The Hall–Kier alpha value is -2.57. The van der Waals surface area contributed by atoms with Crippen LogP contribution in [0.15, 0.2) is 18.2 Å². The fourth-order valence-electron chi connectivity index (χ4n) is 2.04. The molecule has 0 spiro atoms. The maximum Gasteiger partial charge on any atom is 0.306 e. The number of carbonyl (C=O) groups is 3. The fourth-order valence-corrected chi connectivity index (χ4v) is 2.04. The number of nitrogens with one attached hydrogen (secondary N) is 2. The summed E-state index contributed by atoms with van der Waals surface area (Å²) in [6, 6.07) is 5.51. The number of carbonyl (C=O) groups excluding carboxylic acids is 3. The van der Waals surface area contributed by atoms with Crippen molar-refractivity contribution in [2.45, 2.75) is 19.3 Å². The number of rotatable bonds is 6. The van der Waals surface area contributed by atoms with Gasteiger partial charge >= 0.3 is 5.97 Å². The van der Waals surface area contributed by atoms with Gasteiger partial charge in [0.05, 0.1) is 19.2 Å². The number of amides is 2. The van der Waals surface area contributed by atoms with E-state index in [1.165, 1.54) is 7.11 Å². The highest BCUT2D eigenvalue weighted by Gasteiger charge is 2.15. The molecule has 0 bridgehead atoms. The van der Waals surface area contributed by atoms with E-state index in [1.807, 2.05) is 12.1 Å². The molecule has 0 saturated heterocycles. The molecule has 0 atom stereocenters. The molecule has 22 heavy (non-hydrogen) atoms. The summed E-state index contributed by atoms with van der Waals surface area (Å²) in [5.41, 5.74) is 1.61. The van der Waals surface area contributed by atoms with Crippen LogP contribution < -0.4 is 15.4 Å². The van der Waals surface area contributed by atoms with Crippen molar-refractivity contribution in [3.63, 3.8) is 0 Å². The lowest BCUT2D eigenvalue weighted by Crippen LogP contribution is -2.27. The molecule has 0 aliphatic carbocycles. The minimum Gasteiger partial charge on any atom is -0.482 e. The molecule has 2 amide bonds. The van der Waals surface area contributed by atoms with Gasteiger partial charge in [0, 0.05) is 13.0 Å². The van der Waals surface area contributed by atoms with Crippen LogP contribution in [0.4, 0.5) is 5.69 Å². The van der Waals surface area contributed by atoms with E-state index < -0.39 is 5.97 Å². The summed E-state index contributed by atoms with van der Waals surface area (Å²) >= 11 is 0. The molecule has 7 heteroatoms. The smallest absolute Gasteiger partial charge is 0.306 e. The number of benzene rings is 1. The third-order valence-corrected chi connectivity index (χ3v) is 3.20. The average Bonchev–Trinajstić information content (AvgIpc) is 2.52. The number of fused-ring (bicyclic) bond motifs is 1. The lowest BCUT2D eigenvalue weighted by molar-refractivity contribution is -0.142. The van der Waals surface area contributed by atoms with Gasteiger partial charge < -0.3 is 20.1 Å². The number of hydrogen-bond donors (Lipinski definition) is 2. The first-order valence-corrected chi connectivity index (χ1v) is 6.97. The lowest BCUT2D eigenvalue weighted by atomic mass is 10.1. The van der Waals surface area contributed by atoms with Crippen molar-refractivity contribution in [1.82, 2.24) is 5.32 Å². The first kappa shape index (κ1) is 15.8. The number of esters is 1. The molecule has 1 aliphatic rings. The normalized spacial score (nSPS) is 12.7. The molecule has 0 fully saturated rings. The summed E-state index contributed by atoms with van der Waals surface area (Å²) in [6.45, 7) is 0.482. The van der Waals surface area contributed by atoms with E-state index in [9.17, 15) is 14.4 Å². The van der Waals surface area contributed by atoms with Gasteiger partial charge in [0.25, 0.3) is 5.91 Å². The van der Waals surface area contributed by atoms with Gasteiger partial charge in [-0.15, -0.1) is 0 Å². The lowest BCUT2D eigenvalue weighted by Gasteiger charge is -2.18. The Morgan fingerprint density at radius 3 is 2.95 bits per heavy atom. The van der Waals surface area contributed by atoms with Gasteiger partial charge in [-0.25, -0.2) is 0 Å². The summed E-state index contributed by atoms with van der Waals surface area (Å²) in [7, 11) is 1.29.